The molecule has 0 aliphatic carbocycles. The fraction of sp³-hybridized carbons (Fsp3) is 0.429. The maximum atomic E-state index is 12.3. The number of non-ortho nitro benzene ring substituents is 1. The van der Waals surface area contributed by atoms with Crippen molar-refractivity contribution in [2.75, 3.05) is 7.11 Å². The summed E-state index contributed by atoms with van der Waals surface area (Å²) in [6, 6.07) is 2.69. The number of carbonyl (C=O) groups is 2. The molecule has 0 aromatic heterocycles. The van der Waals surface area contributed by atoms with E-state index in [2.05, 4.69) is 10.1 Å². The third kappa shape index (κ3) is 4.17. The van der Waals surface area contributed by atoms with Gasteiger partial charge in [0.15, 0.2) is 0 Å². The van der Waals surface area contributed by atoms with Crippen LogP contribution in [0.25, 0.3) is 0 Å². The van der Waals surface area contributed by atoms with Gasteiger partial charge in [0.05, 0.1) is 22.6 Å². The number of rotatable bonds is 6. The molecule has 0 radical (unpaired) electrons. The lowest BCUT2D eigenvalue weighted by Gasteiger charge is -2.22. The highest BCUT2D eigenvalue weighted by Gasteiger charge is 2.28. The number of nitrogens with one attached hydrogen (secondary N) is 1. The lowest BCUT2D eigenvalue weighted by atomic mass is 9.99. The normalized spacial score (nSPS) is 13.1. The molecule has 120 valence electrons. The van der Waals surface area contributed by atoms with Gasteiger partial charge in [-0.1, -0.05) is 31.9 Å². The Morgan fingerprint density at radius 3 is 2.59 bits per heavy atom. The standard InChI is InChI=1S/C14H17ClN2O5/c1-4-8(2)12(14(19)22-3)16-13(18)10-7-9(17(20)21)5-6-11(10)15/h5-8,12H,4H2,1-3H3,(H,16,18). The van der Waals surface area contributed by atoms with Crippen molar-refractivity contribution in [3.8, 4) is 0 Å². The van der Waals surface area contributed by atoms with Gasteiger partial charge in [0.2, 0.25) is 0 Å². The van der Waals surface area contributed by atoms with Crippen LogP contribution in [0, 0.1) is 16.0 Å². The van der Waals surface area contributed by atoms with Crippen LogP contribution in [0.3, 0.4) is 0 Å². The SMILES string of the molecule is CCC(C)C(NC(=O)c1cc([N+](=O)[O-])ccc1Cl)C(=O)OC. The predicted octanol–water partition coefficient (Wildman–Crippen LogP) is 2.57. The number of halogens is 1. The van der Waals surface area contributed by atoms with E-state index in [1.165, 1.54) is 19.2 Å². The molecule has 0 spiro atoms. The number of benzene rings is 1. The molecule has 1 aromatic rings. The number of amides is 1. The fourth-order valence-corrected chi connectivity index (χ4v) is 2.02. The van der Waals surface area contributed by atoms with Gasteiger partial charge in [-0.3, -0.25) is 14.9 Å². The first kappa shape index (κ1) is 17.9. The van der Waals surface area contributed by atoms with Crippen molar-refractivity contribution < 1.29 is 19.2 Å². The molecule has 0 aliphatic rings. The molecule has 1 aromatic carbocycles. The van der Waals surface area contributed by atoms with Gasteiger partial charge in [-0.15, -0.1) is 0 Å². The van der Waals surface area contributed by atoms with E-state index in [1.807, 2.05) is 6.92 Å². The van der Waals surface area contributed by atoms with Crippen molar-refractivity contribution in [1.29, 1.82) is 0 Å². The van der Waals surface area contributed by atoms with E-state index >= 15 is 0 Å². The lowest BCUT2D eigenvalue weighted by molar-refractivity contribution is -0.384. The van der Waals surface area contributed by atoms with Gasteiger partial charge in [0, 0.05) is 12.1 Å². The maximum absolute atomic E-state index is 12.3. The first-order chi connectivity index (χ1) is 10.3. The first-order valence-corrected chi connectivity index (χ1v) is 7.02. The summed E-state index contributed by atoms with van der Waals surface area (Å²) in [6.45, 7) is 3.66. The van der Waals surface area contributed by atoms with E-state index in [-0.39, 0.29) is 22.2 Å². The lowest BCUT2D eigenvalue weighted by Crippen LogP contribution is -2.45. The molecule has 8 heteroatoms. The molecule has 0 saturated heterocycles. The molecule has 1 amide bonds. The molecule has 22 heavy (non-hydrogen) atoms. The van der Waals surface area contributed by atoms with Gasteiger partial charge in [0.1, 0.15) is 6.04 Å². The van der Waals surface area contributed by atoms with Crippen LogP contribution in [-0.2, 0) is 9.53 Å². The average molecular weight is 329 g/mol. The van der Waals surface area contributed by atoms with E-state index in [0.29, 0.717) is 6.42 Å². The summed E-state index contributed by atoms with van der Waals surface area (Å²) in [5.41, 5.74) is -0.319. The Morgan fingerprint density at radius 2 is 2.09 bits per heavy atom. The zero-order chi connectivity index (χ0) is 16.9. The van der Waals surface area contributed by atoms with Crippen LogP contribution in [0.15, 0.2) is 18.2 Å². The minimum atomic E-state index is -0.849. The summed E-state index contributed by atoms with van der Waals surface area (Å²) < 4.78 is 4.67. The molecule has 0 bridgehead atoms. The van der Waals surface area contributed by atoms with Crippen LogP contribution in [0.2, 0.25) is 5.02 Å². The smallest absolute Gasteiger partial charge is 0.328 e. The van der Waals surface area contributed by atoms with Crippen LogP contribution >= 0.6 is 11.6 Å². The molecule has 1 N–H and O–H groups in total. The second-order valence-corrected chi connectivity index (χ2v) is 5.19. The summed E-state index contributed by atoms with van der Waals surface area (Å²) >= 11 is 5.91. The third-order valence-corrected chi connectivity index (χ3v) is 3.69. The van der Waals surface area contributed by atoms with E-state index in [9.17, 15) is 19.7 Å². The van der Waals surface area contributed by atoms with E-state index in [4.69, 9.17) is 11.6 Å². The Hall–Kier alpha value is -2.15. The summed E-state index contributed by atoms with van der Waals surface area (Å²) in [5, 5.41) is 13.4. The zero-order valence-electron chi connectivity index (χ0n) is 12.5. The highest BCUT2D eigenvalue weighted by Crippen LogP contribution is 2.22. The number of hydrogen-bond donors (Lipinski definition) is 1. The van der Waals surface area contributed by atoms with Crippen molar-refractivity contribution in [2.24, 2.45) is 5.92 Å². The topological polar surface area (TPSA) is 98.5 Å². The number of esters is 1. The number of methoxy groups -OCH3 is 1. The van der Waals surface area contributed by atoms with Crippen LogP contribution in [0.4, 0.5) is 5.69 Å². The summed E-state index contributed by atoms with van der Waals surface area (Å²) in [5.74, 6) is -1.40. The van der Waals surface area contributed by atoms with Crippen LogP contribution in [0.5, 0.6) is 0 Å². The molecule has 1 rings (SSSR count). The van der Waals surface area contributed by atoms with Gasteiger partial charge < -0.3 is 10.1 Å². The van der Waals surface area contributed by atoms with Crippen LogP contribution < -0.4 is 5.32 Å². The van der Waals surface area contributed by atoms with Gasteiger partial charge in [-0.25, -0.2) is 4.79 Å². The van der Waals surface area contributed by atoms with Crippen molar-refractivity contribution in [3.63, 3.8) is 0 Å². The summed E-state index contributed by atoms with van der Waals surface area (Å²) in [7, 11) is 1.23. The molecule has 0 fully saturated rings. The van der Waals surface area contributed by atoms with Crippen LogP contribution in [0.1, 0.15) is 30.6 Å². The first-order valence-electron chi connectivity index (χ1n) is 6.64. The molecule has 7 nitrogen and oxygen atoms in total. The number of hydrogen-bond acceptors (Lipinski definition) is 5. The van der Waals surface area contributed by atoms with Crippen molar-refractivity contribution >= 4 is 29.2 Å². The highest BCUT2D eigenvalue weighted by molar-refractivity contribution is 6.34. The number of nitrogens with zero attached hydrogens (tertiary/aromatic N) is 1. The number of carbonyl (C=O) groups excluding carboxylic acids is 2. The minimum Gasteiger partial charge on any atom is -0.467 e. The van der Waals surface area contributed by atoms with E-state index < -0.39 is 22.8 Å². The second-order valence-electron chi connectivity index (χ2n) is 4.78. The molecule has 2 unspecified atom stereocenters. The van der Waals surface area contributed by atoms with Gasteiger partial charge in [0.25, 0.3) is 11.6 Å². The van der Waals surface area contributed by atoms with E-state index in [1.54, 1.807) is 6.92 Å². The number of nitro benzene ring substituents is 1. The third-order valence-electron chi connectivity index (χ3n) is 3.36. The molecule has 0 saturated carbocycles. The maximum Gasteiger partial charge on any atom is 0.328 e. The molecule has 2 atom stereocenters. The average Bonchev–Trinajstić information content (AvgIpc) is 2.50. The quantitative estimate of drug-likeness (QED) is 0.491. The van der Waals surface area contributed by atoms with E-state index in [0.717, 1.165) is 6.07 Å². The van der Waals surface area contributed by atoms with Gasteiger partial charge >= 0.3 is 5.97 Å². The second kappa shape index (κ2) is 7.74. The Balaban J connectivity index is 3.06. The van der Waals surface area contributed by atoms with Crippen molar-refractivity contribution in [2.45, 2.75) is 26.3 Å². The summed E-state index contributed by atoms with van der Waals surface area (Å²) in [6.07, 6.45) is 0.642. The van der Waals surface area contributed by atoms with Crippen molar-refractivity contribution in [3.05, 3.63) is 38.9 Å². The fourth-order valence-electron chi connectivity index (χ4n) is 1.82. The van der Waals surface area contributed by atoms with Crippen LogP contribution in [-0.4, -0.2) is 30.0 Å². The number of ether oxygens (including phenoxy) is 1. The predicted molar refractivity (Wildman–Crippen MR) is 80.8 cm³/mol. The largest absolute Gasteiger partial charge is 0.467 e. The van der Waals surface area contributed by atoms with Gasteiger partial charge in [-0.05, 0) is 12.0 Å². The Bertz CT molecular complexity index is 591. The number of nitro groups is 1. The molecule has 0 aliphatic heterocycles. The highest BCUT2D eigenvalue weighted by atomic mass is 35.5. The molecular weight excluding hydrogens is 312 g/mol. The Morgan fingerprint density at radius 1 is 1.45 bits per heavy atom. The Kier molecular flexibility index (Phi) is 6.30. The minimum absolute atomic E-state index is 0.0620. The summed E-state index contributed by atoms with van der Waals surface area (Å²) in [4.78, 5) is 34.2. The monoisotopic (exact) mass is 328 g/mol. The van der Waals surface area contributed by atoms with Crippen molar-refractivity contribution in [1.82, 2.24) is 5.32 Å². The molecular formula is C14H17ClN2O5. The Labute approximate surface area is 132 Å². The zero-order valence-corrected chi connectivity index (χ0v) is 13.2. The molecule has 0 heterocycles. The van der Waals surface area contributed by atoms with Gasteiger partial charge in [-0.2, -0.15) is 0 Å².